The minimum Gasteiger partial charge on any atom is -0.493 e. The van der Waals surface area contributed by atoms with Gasteiger partial charge >= 0.3 is 0 Å². The molecule has 0 bridgehead atoms. The molecule has 1 saturated heterocycles. The number of anilines is 1. The molecule has 0 unspecified atom stereocenters. The zero-order valence-electron chi connectivity index (χ0n) is 15.2. The molecule has 8 heteroatoms. The van der Waals surface area contributed by atoms with E-state index in [1.807, 2.05) is 6.92 Å². The number of methoxy groups -OCH3 is 1. The first-order chi connectivity index (χ1) is 13.5. The molecule has 2 aromatic carbocycles. The van der Waals surface area contributed by atoms with Crippen LogP contribution < -0.4 is 24.4 Å². The lowest BCUT2D eigenvalue weighted by Gasteiger charge is -2.21. The second kappa shape index (κ2) is 7.33. The monoisotopic (exact) mass is 416 g/mol. The van der Waals surface area contributed by atoms with Crippen molar-refractivity contribution in [3.63, 3.8) is 0 Å². The fourth-order valence-electron chi connectivity index (χ4n) is 3.17. The zero-order chi connectivity index (χ0) is 19.8. The van der Waals surface area contributed by atoms with E-state index in [9.17, 15) is 4.79 Å². The number of ether oxygens (including phenoxy) is 3. The lowest BCUT2D eigenvalue weighted by atomic mass is 10.1. The lowest BCUT2D eigenvalue weighted by molar-refractivity contribution is -0.113. The van der Waals surface area contributed by atoms with E-state index < -0.39 is 0 Å². The molecule has 144 valence electrons. The number of benzene rings is 2. The van der Waals surface area contributed by atoms with E-state index in [1.54, 1.807) is 43.5 Å². The van der Waals surface area contributed by atoms with E-state index in [0.717, 1.165) is 11.1 Å². The third-order valence-electron chi connectivity index (χ3n) is 4.44. The summed E-state index contributed by atoms with van der Waals surface area (Å²) in [6.07, 6.45) is 1.71. The Balaban J connectivity index is 1.70. The van der Waals surface area contributed by atoms with Crippen LogP contribution in [0, 0.1) is 6.92 Å². The number of halogens is 1. The largest absolute Gasteiger partial charge is 0.493 e. The summed E-state index contributed by atoms with van der Waals surface area (Å²) in [5.74, 6) is 1.44. The molecule has 2 aliphatic rings. The van der Waals surface area contributed by atoms with Crippen molar-refractivity contribution < 1.29 is 19.0 Å². The standard InChI is InChI=1S/C20H17ClN2O4S/c1-11-7-13(21)3-4-15(11)23-19(24)14(22-20(23)28)8-12-9-16(25-2)18-17(10-12)26-5-6-27-18/h3-4,7-10H,5-6H2,1-2H3,(H,22,28)/b14-8-. The molecule has 0 radical (unpaired) electrons. The molecule has 1 fully saturated rings. The van der Waals surface area contributed by atoms with Crippen LogP contribution >= 0.6 is 23.8 Å². The molecule has 1 N–H and O–H groups in total. The fourth-order valence-corrected chi connectivity index (χ4v) is 3.68. The first kappa shape index (κ1) is 18.6. The number of nitrogens with zero attached hydrogens (tertiary/aromatic N) is 1. The maximum atomic E-state index is 13.0. The van der Waals surface area contributed by atoms with Crippen molar-refractivity contribution in [3.8, 4) is 17.2 Å². The fraction of sp³-hybridized carbons (Fsp3) is 0.200. The van der Waals surface area contributed by atoms with E-state index in [1.165, 1.54) is 4.90 Å². The third kappa shape index (κ3) is 3.27. The van der Waals surface area contributed by atoms with Gasteiger partial charge in [0.15, 0.2) is 16.6 Å². The number of amides is 1. The van der Waals surface area contributed by atoms with Crippen molar-refractivity contribution >= 4 is 46.6 Å². The first-order valence-corrected chi connectivity index (χ1v) is 9.37. The Kier molecular flexibility index (Phi) is 4.87. The summed E-state index contributed by atoms with van der Waals surface area (Å²) >= 11 is 11.4. The van der Waals surface area contributed by atoms with Gasteiger partial charge < -0.3 is 19.5 Å². The smallest absolute Gasteiger partial charge is 0.281 e. The molecule has 28 heavy (non-hydrogen) atoms. The van der Waals surface area contributed by atoms with Gasteiger partial charge in [-0.05, 0) is 66.7 Å². The Morgan fingerprint density at radius 1 is 1.25 bits per heavy atom. The summed E-state index contributed by atoms with van der Waals surface area (Å²) in [6.45, 7) is 2.80. The van der Waals surface area contributed by atoms with Gasteiger partial charge in [0.1, 0.15) is 18.9 Å². The van der Waals surface area contributed by atoms with Gasteiger partial charge in [-0.15, -0.1) is 0 Å². The van der Waals surface area contributed by atoms with E-state index in [0.29, 0.717) is 52.0 Å². The number of nitrogens with one attached hydrogen (secondary N) is 1. The van der Waals surface area contributed by atoms with E-state index in [4.69, 9.17) is 38.0 Å². The van der Waals surface area contributed by atoms with Crippen LogP contribution in [-0.4, -0.2) is 31.3 Å². The molecular weight excluding hydrogens is 400 g/mol. The van der Waals surface area contributed by atoms with Gasteiger partial charge in [0.25, 0.3) is 5.91 Å². The Morgan fingerprint density at radius 2 is 2.04 bits per heavy atom. The second-order valence-corrected chi connectivity index (χ2v) is 7.13. The van der Waals surface area contributed by atoms with Crippen LogP contribution in [0.1, 0.15) is 11.1 Å². The van der Waals surface area contributed by atoms with Crippen molar-refractivity contribution in [2.24, 2.45) is 0 Å². The van der Waals surface area contributed by atoms with Crippen LogP contribution in [0.5, 0.6) is 17.2 Å². The summed E-state index contributed by atoms with van der Waals surface area (Å²) < 4.78 is 16.7. The van der Waals surface area contributed by atoms with E-state index in [2.05, 4.69) is 5.32 Å². The molecule has 0 spiro atoms. The molecule has 6 nitrogen and oxygen atoms in total. The number of rotatable bonds is 3. The van der Waals surface area contributed by atoms with Crippen LogP contribution in [0.25, 0.3) is 6.08 Å². The summed E-state index contributed by atoms with van der Waals surface area (Å²) in [7, 11) is 1.56. The SMILES string of the molecule is COc1cc(/C=C2\NC(=S)N(c3ccc(Cl)cc3C)C2=O)cc2c1OCCO2. The number of hydrogen-bond acceptors (Lipinski definition) is 5. The van der Waals surface area contributed by atoms with Gasteiger partial charge in [0, 0.05) is 5.02 Å². The van der Waals surface area contributed by atoms with Crippen LogP contribution in [0.3, 0.4) is 0 Å². The van der Waals surface area contributed by atoms with Crippen molar-refractivity contribution in [3.05, 3.63) is 52.2 Å². The zero-order valence-corrected chi connectivity index (χ0v) is 16.8. The van der Waals surface area contributed by atoms with Crippen LogP contribution in [-0.2, 0) is 4.79 Å². The molecule has 2 aliphatic heterocycles. The minimum atomic E-state index is -0.246. The highest BCUT2D eigenvalue weighted by molar-refractivity contribution is 7.80. The quantitative estimate of drug-likeness (QED) is 0.608. The van der Waals surface area contributed by atoms with Crippen molar-refractivity contribution in [1.82, 2.24) is 5.32 Å². The molecule has 0 aromatic heterocycles. The number of hydrogen-bond donors (Lipinski definition) is 1. The van der Waals surface area contributed by atoms with E-state index >= 15 is 0 Å². The lowest BCUT2D eigenvalue weighted by Crippen LogP contribution is -2.30. The molecule has 0 atom stereocenters. The molecule has 1 amide bonds. The Morgan fingerprint density at radius 3 is 2.79 bits per heavy atom. The van der Waals surface area contributed by atoms with Gasteiger partial charge in [-0.2, -0.15) is 0 Å². The van der Waals surface area contributed by atoms with Crippen molar-refractivity contribution in [2.75, 3.05) is 25.2 Å². The Hall–Kier alpha value is -2.77. The van der Waals surface area contributed by atoms with Gasteiger partial charge in [-0.1, -0.05) is 11.6 Å². The number of fused-ring (bicyclic) bond motifs is 1. The average Bonchev–Trinajstić information content (AvgIpc) is 2.94. The third-order valence-corrected chi connectivity index (χ3v) is 4.96. The Bertz CT molecular complexity index is 1000. The van der Waals surface area contributed by atoms with Gasteiger partial charge in [0.05, 0.1) is 12.8 Å². The normalized spacial score (nSPS) is 17.1. The van der Waals surface area contributed by atoms with Crippen molar-refractivity contribution in [1.29, 1.82) is 0 Å². The highest BCUT2D eigenvalue weighted by Crippen LogP contribution is 2.41. The van der Waals surface area contributed by atoms with E-state index in [-0.39, 0.29) is 5.91 Å². The number of carbonyl (C=O) groups excluding carboxylic acids is 1. The minimum absolute atomic E-state index is 0.246. The molecular formula is C20H17ClN2O4S. The summed E-state index contributed by atoms with van der Waals surface area (Å²) in [4.78, 5) is 14.4. The average molecular weight is 417 g/mol. The molecule has 4 rings (SSSR count). The van der Waals surface area contributed by atoms with Gasteiger partial charge in [-0.3, -0.25) is 9.69 Å². The van der Waals surface area contributed by atoms with Gasteiger partial charge in [-0.25, -0.2) is 0 Å². The van der Waals surface area contributed by atoms with Crippen LogP contribution in [0.4, 0.5) is 5.69 Å². The van der Waals surface area contributed by atoms with Crippen LogP contribution in [0.15, 0.2) is 36.0 Å². The number of carbonyl (C=O) groups is 1. The highest BCUT2D eigenvalue weighted by atomic mass is 35.5. The Labute approximate surface area is 172 Å². The van der Waals surface area contributed by atoms with Gasteiger partial charge in [0.2, 0.25) is 5.75 Å². The molecule has 2 aromatic rings. The molecule has 2 heterocycles. The summed E-state index contributed by atoms with van der Waals surface area (Å²) in [5, 5.41) is 3.90. The highest BCUT2D eigenvalue weighted by Gasteiger charge is 2.33. The maximum absolute atomic E-state index is 13.0. The molecule has 0 saturated carbocycles. The van der Waals surface area contributed by atoms with Crippen LogP contribution in [0.2, 0.25) is 5.02 Å². The predicted octanol–water partition coefficient (Wildman–Crippen LogP) is 3.69. The number of thiocarbonyl (C=S) groups is 1. The van der Waals surface area contributed by atoms with Crippen molar-refractivity contribution in [2.45, 2.75) is 6.92 Å². The predicted molar refractivity (Wildman–Crippen MR) is 111 cm³/mol. The summed E-state index contributed by atoms with van der Waals surface area (Å²) in [5.41, 5.74) is 2.63. The maximum Gasteiger partial charge on any atom is 0.281 e. The number of aryl methyl sites for hydroxylation is 1. The molecule has 0 aliphatic carbocycles. The topological polar surface area (TPSA) is 60.0 Å². The second-order valence-electron chi connectivity index (χ2n) is 6.31. The first-order valence-electron chi connectivity index (χ1n) is 8.59. The summed E-state index contributed by atoms with van der Waals surface area (Å²) in [6, 6.07) is 8.89.